The number of hydrogen-bond acceptors (Lipinski definition) is 4. The number of anilines is 1. The van der Waals surface area contributed by atoms with Gasteiger partial charge >= 0.3 is 0 Å². The SMILES string of the molecule is CCOc1ccc(NC2CC(=O)NC2=O)cc1F. The Hall–Kier alpha value is -2.11. The molecule has 96 valence electrons. The maximum atomic E-state index is 13.6. The van der Waals surface area contributed by atoms with Crippen LogP contribution in [-0.4, -0.2) is 24.5 Å². The van der Waals surface area contributed by atoms with Crippen LogP contribution in [0.15, 0.2) is 18.2 Å². The molecule has 0 radical (unpaired) electrons. The van der Waals surface area contributed by atoms with Crippen molar-refractivity contribution in [1.82, 2.24) is 5.32 Å². The average Bonchev–Trinajstić information content (AvgIpc) is 2.61. The molecule has 0 aromatic heterocycles. The maximum Gasteiger partial charge on any atom is 0.249 e. The summed E-state index contributed by atoms with van der Waals surface area (Å²) in [4.78, 5) is 22.3. The molecule has 0 bridgehead atoms. The highest BCUT2D eigenvalue weighted by Gasteiger charge is 2.30. The predicted octanol–water partition coefficient (Wildman–Crippen LogP) is 1.05. The highest BCUT2D eigenvalue weighted by atomic mass is 19.1. The molecule has 1 aromatic rings. The average molecular weight is 252 g/mol. The number of hydrogen-bond donors (Lipinski definition) is 2. The minimum absolute atomic E-state index is 0.0632. The van der Waals surface area contributed by atoms with Crippen LogP contribution in [0.1, 0.15) is 13.3 Å². The first-order valence-corrected chi connectivity index (χ1v) is 5.62. The molecule has 0 saturated carbocycles. The quantitative estimate of drug-likeness (QED) is 0.786. The molecule has 1 saturated heterocycles. The van der Waals surface area contributed by atoms with Gasteiger partial charge in [-0.15, -0.1) is 0 Å². The van der Waals surface area contributed by atoms with E-state index in [1.165, 1.54) is 12.1 Å². The van der Waals surface area contributed by atoms with E-state index in [1.807, 2.05) is 0 Å². The van der Waals surface area contributed by atoms with Crippen LogP contribution in [0.4, 0.5) is 10.1 Å². The largest absolute Gasteiger partial charge is 0.491 e. The summed E-state index contributed by atoms with van der Waals surface area (Å²) in [5.41, 5.74) is 0.436. The van der Waals surface area contributed by atoms with Gasteiger partial charge in [0.25, 0.3) is 0 Å². The first-order chi connectivity index (χ1) is 8.60. The Bertz CT molecular complexity index is 490. The second-order valence-electron chi connectivity index (χ2n) is 3.89. The van der Waals surface area contributed by atoms with Crippen LogP contribution in [0.25, 0.3) is 0 Å². The summed E-state index contributed by atoms with van der Waals surface area (Å²) < 4.78 is 18.6. The van der Waals surface area contributed by atoms with Crippen molar-refractivity contribution >= 4 is 17.5 Å². The lowest BCUT2D eigenvalue weighted by Gasteiger charge is -2.12. The second-order valence-corrected chi connectivity index (χ2v) is 3.89. The van der Waals surface area contributed by atoms with Crippen molar-refractivity contribution in [2.75, 3.05) is 11.9 Å². The molecule has 1 heterocycles. The van der Waals surface area contributed by atoms with E-state index in [0.29, 0.717) is 12.3 Å². The molecule has 1 unspecified atom stereocenters. The van der Waals surface area contributed by atoms with Gasteiger partial charge in [-0.1, -0.05) is 0 Å². The first-order valence-electron chi connectivity index (χ1n) is 5.62. The molecular weight excluding hydrogens is 239 g/mol. The van der Waals surface area contributed by atoms with Gasteiger partial charge in [0.05, 0.1) is 13.0 Å². The summed E-state index contributed by atoms with van der Waals surface area (Å²) in [7, 11) is 0. The van der Waals surface area contributed by atoms with Crippen molar-refractivity contribution in [2.24, 2.45) is 0 Å². The molecule has 1 aliphatic heterocycles. The number of nitrogens with one attached hydrogen (secondary N) is 2. The number of carbonyl (C=O) groups is 2. The summed E-state index contributed by atoms with van der Waals surface area (Å²) in [5.74, 6) is -1.07. The Morgan fingerprint density at radius 1 is 1.50 bits per heavy atom. The van der Waals surface area contributed by atoms with Crippen LogP contribution in [0.2, 0.25) is 0 Å². The molecule has 1 atom stereocenters. The standard InChI is InChI=1S/C12H13FN2O3/c1-2-18-10-4-3-7(5-8(10)13)14-9-6-11(16)15-12(9)17/h3-5,9,14H,2,6H2,1H3,(H,15,16,17). The Labute approximate surface area is 103 Å². The van der Waals surface area contributed by atoms with Crippen LogP contribution in [0, 0.1) is 5.82 Å². The first kappa shape index (κ1) is 12.3. The minimum Gasteiger partial charge on any atom is -0.491 e. The molecule has 0 spiro atoms. The predicted molar refractivity (Wildman–Crippen MR) is 62.7 cm³/mol. The fraction of sp³-hybridized carbons (Fsp3) is 0.333. The van der Waals surface area contributed by atoms with Crippen LogP contribution >= 0.6 is 0 Å². The highest BCUT2D eigenvalue weighted by Crippen LogP contribution is 2.22. The number of rotatable bonds is 4. The topological polar surface area (TPSA) is 67.4 Å². The molecular formula is C12H13FN2O3. The lowest BCUT2D eigenvalue weighted by molar-refractivity contribution is -0.124. The molecule has 2 amide bonds. The van der Waals surface area contributed by atoms with Gasteiger partial charge in [0.2, 0.25) is 11.8 Å². The zero-order valence-corrected chi connectivity index (χ0v) is 9.83. The number of ether oxygens (including phenoxy) is 1. The molecule has 6 heteroatoms. The highest BCUT2D eigenvalue weighted by molar-refractivity contribution is 6.06. The third kappa shape index (κ3) is 2.58. The van der Waals surface area contributed by atoms with Crippen molar-refractivity contribution in [3.63, 3.8) is 0 Å². The van der Waals surface area contributed by atoms with Crippen molar-refractivity contribution in [3.8, 4) is 5.75 Å². The van der Waals surface area contributed by atoms with Gasteiger partial charge in [-0.25, -0.2) is 4.39 Å². The maximum absolute atomic E-state index is 13.6. The zero-order valence-electron chi connectivity index (χ0n) is 9.83. The lowest BCUT2D eigenvalue weighted by Crippen LogP contribution is -2.30. The Morgan fingerprint density at radius 3 is 2.83 bits per heavy atom. The summed E-state index contributed by atoms with van der Waals surface area (Å²) in [5, 5.41) is 4.98. The normalized spacial score (nSPS) is 18.7. The molecule has 5 nitrogen and oxygen atoms in total. The molecule has 2 rings (SSSR count). The van der Waals surface area contributed by atoms with Crippen LogP contribution in [0.5, 0.6) is 5.75 Å². The third-order valence-corrected chi connectivity index (χ3v) is 2.54. The number of imide groups is 1. The smallest absolute Gasteiger partial charge is 0.249 e. The summed E-state index contributed by atoms with van der Waals surface area (Å²) in [6.45, 7) is 2.14. The molecule has 0 aliphatic carbocycles. The van der Waals surface area contributed by atoms with Crippen LogP contribution in [-0.2, 0) is 9.59 Å². The number of amides is 2. The van der Waals surface area contributed by atoms with E-state index in [9.17, 15) is 14.0 Å². The molecule has 18 heavy (non-hydrogen) atoms. The minimum atomic E-state index is -0.644. The summed E-state index contributed by atoms with van der Waals surface area (Å²) in [6, 6.07) is 3.68. The Balaban J connectivity index is 2.08. The van der Waals surface area contributed by atoms with Gasteiger partial charge < -0.3 is 10.1 Å². The van der Waals surface area contributed by atoms with E-state index in [4.69, 9.17) is 4.74 Å². The van der Waals surface area contributed by atoms with E-state index in [0.717, 1.165) is 0 Å². The molecule has 1 fully saturated rings. The molecule has 1 aliphatic rings. The van der Waals surface area contributed by atoms with Gasteiger partial charge in [0, 0.05) is 11.8 Å². The fourth-order valence-corrected chi connectivity index (χ4v) is 1.73. The second kappa shape index (κ2) is 5.03. The van der Waals surface area contributed by atoms with Gasteiger partial charge in [-0.05, 0) is 19.1 Å². The zero-order chi connectivity index (χ0) is 13.1. The van der Waals surface area contributed by atoms with E-state index >= 15 is 0 Å². The number of carbonyl (C=O) groups excluding carboxylic acids is 2. The monoisotopic (exact) mass is 252 g/mol. The van der Waals surface area contributed by atoms with E-state index < -0.39 is 17.8 Å². The third-order valence-electron chi connectivity index (χ3n) is 2.54. The number of halogens is 1. The lowest BCUT2D eigenvalue weighted by atomic mass is 10.2. The van der Waals surface area contributed by atoms with Gasteiger partial charge in [0.1, 0.15) is 6.04 Å². The van der Waals surface area contributed by atoms with E-state index in [-0.39, 0.29) is 18.1 Å². The van der Waals surface area contributed by atoms with Crippen molar-refractivity contribution in [2.45, 2.75) is 19.4 Å². The van der Waals surface area contributed by atoms with Gasteiger partial charge in [0.15, 0.2) is 11.6 Å². The van der Waals surface area contributed by atoms with E-state index in [1.54, 1.807) is 13.0 Å². The van der Waals surface area contributed by atoms with Crippen LogP contribution in [0.3, 0.4) is 0 Å². The van der Waals surface area contributed by atoms with Gasteiger partial charge in [-0.3, -0.25) is 14.9 Å². The Morgan fingerprint density at radius 2 is 2.28 bits per heavy atom. The summed E-state index contributed by atoms with van der Waals surface area (Å²) >= 11 is 0. The fourth-order valence-electron chi connectivity index (χ4n) is 1.73. The molecule has 1 aromatic carbocycles. The van der Waals surface area contributed by atoms with Crippen molar-refractivity contribution < 1.29 is 18.7 Å². The number of benzene rings is 1. The van der Waals surface area contributed by atoms with Gasteiger partial charge in [-0.2, -0.15) is 0 Å². The van der Waals surface area contributed by atoms with Crippen LogP contribution < -0.4 is 15.4 Å². The van der Waals surface area contributed by atoms with Crippen molar-refractivity contribution in [1.29, 1.82) is 0 Å². The van der Waals surface area contributed by atoms with Crippen molar-refractivity contribution in [3.05, 3.63) is 24.0 Å². The van der Waals surface area contributed by atoms with E-state index in [2.05, 4.69) is 10.6 Å². The molecule has 2 N–H and O–H groups in total. The summed E-state index contributed by atoms with van der Waals surface area (Å²) in [6.07, 6.45) is 0.0632. The Kier molecular flexibility index (Phi) is 3.45.